The molecule has 1 saturated carbocycles. The summed E-state index contributed by atoms with van der Waals surface area (Å²) in [7, 11) is 0. The Morgan fingerprint density at radius 2 is 2.00 bits per heavy atom. The van der Waals surface area contributed by atoms with E-state index in [9.17, 15) is 0 Å². The predicted octanol–water partition coefficient (Wildman–Crippen LogP) is 5.94. The van der Waals surface area contributed by atoms with Crippen LogP contribution in [-0.4, -0.2) is 9.97 Å². The van der Waals surface area contributed by atoms with E-state index >= 15 is 0 Å². The third kappa shape index (κ3) is 4.14. The second kappa shape index (κ2) is 7.80. The largest absolute Gasteiger partial charge is 0.487 e. The van der Waals surface area contributed by atoms with E-state index in [1.54, 1.807) is 12.4 Å². The van der Waals surface area contributed by atoms with Crippen molar-refractivity contribution < 1.29 is 9.15 Å². The van der Waals surface area contributed by atoms with Gasteiger partial charge in [-0.15, -0.1) is 0 Å². The Morgan fingerprint density at radius 3 is 2.79 bits per heavy atom. The molecule has 2 aromatic carbocycles. The molecule has 0 spiro atoms. The monoisotopic (exact) mass is 383 g/mol. The van der Waals surface area contributed by atoms with Crippen LogP contribution in [0.1, 0.15) is 30.0 Å². The van der Waals surface area contributed by atoms with Crippen LogP contribution in [0.5, 0.6) is 5.75 Å². The lowest BCUT2D eigenvalue weighted by molar-refractivity contribution is 0.301. The van der Waals surface area contributed by atoms with Crippen LogP contribution in [0, 0.1) is 0 Å². The first kappa shape index (κ1) is 17.5. The molecule has 0 bridgehead atoms. The molecule has 2 aromatic heterocycles. The van der Waals surface area contributed by atoms with Gasteiger partial charge in [0.15, 0.2) is 12.2 Å². The molecule has 4 aromatic rings. The second-order valence-corrected chi connectivity index (χ2v) is 7.20. The summed E-state index contributed by atoms with van der Waals surface area (Å²) in [6, 6.07) is 20.3. The zero-order valence-electron chi connectivity index (χ0n) is 15.9. The van der Waals surface area contributed by atoms with Crippen LogP contribution in [-0.2, 0) is 6.61 Å². The fraction of sp³-hybridized carbons (Fsp3) is 0.167. The Balaban J connectivity index is 1.36. The molecule has 5 heteroatoms. The maximum atomic E-state index is 5.97. The van der Waals surface area contributed by atoms with E-state index in [4.69, 9.17) is 9.15 Å². The van der Waals surface area contributed by atoms with Gasteiger partial charge in [-0.05, 0) is 66.8 Å². The Kier molecular flexibility index (Phi) is 4.70. The van der Waals surface area contributed by atoms with Crippen LogP contribution in [0.3, 0.4) is 0 Å². The minimum atomic E-state index is 0.469. The lowest BCUT2D eigenvalue weighted by Crippen LogP contribution is -2.00. The van der Waals surface area contributed by atoms with Crippen LogP contribution in [0.15, 0.2) is 83.9 Å². The van der Waals surface area contributed by atoms with E-state index < -0.39 is 0 Å². The highest BCUT2D eigenvalue weighted by molar-refractivity contribution is 5.70. The molecule has 1 fully saturated rings. The Morgan fingerprint density at radius 1 is 1.03 bits per heavy atom. The standard InChI is InChI=1S/C24H21N3O2/c1-2-11-26-20(5-1)15-28-21-9-10-23(22(13-21)17-7-8-17)27-19-6-3-4-18(12-19)24-14-25-16-29-24/h1-6,9-14,16-17,27H,7-8,15H2. The van der Waals surface area contributed by atoms with Gasteiger partial charge in [-0.1, -0.05) is 18.2 Å². The van der Waals surface area contributed by atoms with E-state index in [1.807, 2.05) is 36.4 Å². The molecule has 5 rings (SSSR count). The molecule has 0 saturated heterocycles. The van der Waals surface area contributed by atoms with Crippen molar-refractivity contribution in [3.8, 4) is 17.1 Å². The normalized spacial score (nSPS) is 13.2. The number of ether oxygens (including phenoxy) is 1. The minimum absolute atomic E-state index is 0.469. The van der Waals surface area contributed by atoms with Gasteiger partial charge >= 0.3 is 0 Å². The molecule has 0 radical (unpaired) electrons. The molecular formula is C24H21N3O2. The van der Waals surface area contributed by atoms with Crippen LogP contribution in [0.4, 0.5) is 11.4 Å². The highest BCUT2D eigenvalue weighted by Crippen LogP contribution is 2.45. The van der Waals surface area contributed by atoms with Crippen molar-refractivity contribution in [3.63, 3.8) is 0 Å². The summed E-state index contributed by atoms with van der Waals surface area (Å²) in [5, 5.41) is 3.57. The van der Waals surface area contributed by atoms with Gasteiger partial charge in [0.25, 0.3) is 0 Å². The number of anilines is 2. The Bertz CT molecular complexity index is 1090. The Hall–Kier alpha value is -3.60. The summed E-state index contributed by atoms with van der Waals surface area (Å²) in [5.74, 6) is 2.22. The third-order valence-electron chi connectivity index (χ3n) is 5.01. The van der Waals surface area contributed by atoms with Crippen LogP contribution >= 0.6 is 0 Å². The average Bonchev–Trinajstić information content (AvgIpc) is 3.47. The number of oxazole rings is 1. The molecule has 5 nitrogen and oxygen atoms in total. The van der Waals surface area contributed by atoms with Gasteiger partial charge in [0.05, 0.1) is 11.9 Å². The fourth-order valence-corrected chi connectivity index (χ4v) is 3.38. The quantitative estimate of drug-likeness (QED) is 0.428. The SMILES string of the molecule is c1ccc(COc2ccc(Nc3cccc(-c4cnco4)c3)c(C3CC3)c2)nc1. The lowest BCUT2D eigenvalue weighted by atomic mass is 10.1. The van der Waals surface area contributed by atoms with Crippen molar-refractivity contribution in [1.29, 1.82) is 0 Å². The number of pyridine rings is 1. The molecule has 0 aliphatic heterocycles. The molecule has 1 N–H and O–H groups in total. The zero-order valence-corrected chi connectivity index (χ0v) is 15.9. The van der Waals surface area contributed by atoms with Crippen LogP contribution in [0.2, 0.25) is 0 Å². The first-order valence-corrected chi connectivity index (χ1v) is 9.78. The first-order valence-electron chi connectivity index (χ1n) is 9.78. The van der Waals surface area contributed by atoms with Crippen LogP contribution < -0.4 is 10.1 Å². The number of hydrogen-bond acceptors (Lipinski definition) is 5. The van der Waals surface area contributed by atoms with Gasteiger partial charge in [-0.3, -0.25) is 4.98 Å². The number of hydrogen-bond donors (Lipinski definition) is 1. The van der Waals surface area contributed by atoms with Gasteiger partial charge in [-0.2, -0.15) is 0 Å². The van der Waals surface area contributed by atoms with E-state index in [0.717, 1.165) is 34.1 Å². The van der Waals surface area contributed by atoms with Crippen molar-refractivity contribution in [2.45, 2.75) is 25.4 Å². The summed E-state index contributed by atoms with van der Waals surface area (Å²) in [6.07, 6.45) is 7.40. The third-order valence-corrected chi connectivity index (χ3v) is 5.01. The molecule has 1 aliphatic rings. The number of aromatic nitrogens is 2. The molecule has 0 atom stereocenters. The summed E-state index contributed by atoms with van der Waals surface area (Å²) >= 11 is 0. The molecule has 144 valence electrons. The van der Waals surface area contributed by atoms with Gasteiger partial charge in [0.2, 0.25) is 0 Å². The van der Waals surface area contributed by atoms with Crippen LogP contribution in [0.25, 0.3) is 11.3 Å². The Labute approximate surface area is 169 Å². The highest BCUT2D eigenvalue weighted by Gasteiger charge is 2.26. The van der Waals surface area contributed by atoms with Gasteiger partial charge in [0, 0.05) is 23.1 Å². The van der Waals surface area contributed by atoms with Crippen molar-refractivity contribution >= 4 is 11.4 Å². The topological polar surface area (TPSA) is 60.2 Å². The molecule has 0 unspecified atom stereocenters. The number of rotatable bonds is 7. The zero-order chi connectivity index (χ0) is 19.5. The number of nitrogens with zero attached hydrogens (tertiary/aromatic N) is 2. The maximum Gasteiger partial charge on any atom is 0.181 e. The van der Waals surface area contributed by atoms with Crippen molar-refractivity contribution in [3.05, 3.63) is 90.7 Å². The minimum Gasteiger partial charge on any atom is -0.487 e. The number of benzene rings is 2. The fourth-order valence-electron chi connectivity index (χ4n) is 3.38. The van der Waals surface area contributed by atoms with E-state index in [-0.39, 0.29) is 0 Å². The van der Waals surface area contributed by atoms with Gasteiger partial charge in [-0.25, -0.2) is 4.98 Å². The van der Waals surface area contributed by atoms with E-state index in [1.165, 1.54) is 24.8 Å². The first-order chi connectivity index (χ1) is 14.3. The van der Waals surface area contributed by atoms with Crippen molar-refractivity contribution in [1.82, 2.24) is 9.97 Å². The number of nitrogens with one attached hydrogen (secondary N) is 1. The van der Waals surface area contributed by atoms with Crippen molar-refractivity contribution in [2.75, 3.05) is 5.32 Å². The van der Waals surface area contributed by atoms with Crippen molar-refractivity contribution in [2.24, 2.45) is 0 Å². The van der Waals surface area contributed by atoms with Gasteiger partial charge < -0.3 is 14.5 Å². The van der Waals surface area contributed by atoms with E-state index in [0.29, 0.717) is 12.5 Å². The summed E-state index contributed by atoms with van der Waals surface area (Å²) < 4.78 is 11.4. The van der Waals surface area contributed by atoms with E-state index in [2.05, 4.69) is 39.6 Å². The molecule has 1 aliphatic carbocycles. The smallest absolute Gasteiger partial charge is 0.181 e. The summed E-state index contributed by atoms with van der Waals surface area (Å²) in [4.78, 5) is 8.32. The molecule has 2 heterocycles. The van der Waals surface area contributed by atoms with Gasteiger partial charge in [0.1, 0.15) is 12.4 Å². The maximum absolute atomic E-state index is 5.97. The molecule has 0 amide bonds. The molecular weight excluding hydrogens is 362 g/mol. The summed E-state index contributed by atoms with van der Waals surface area (Å²) in [6.45, 7) is 0.469. The summed E-state index contributed by atoms with van der Waals surface area (Å²) in [5.41, 5.74) is 5.35. The lowest BCUT2D eigenvalue weighted by Gasteiger charge is -2.15. The molecule has 29 heavy (non-hydrogen) atoms. The predicted molar refractivity (Wildman–Crippen MR) is 112 cm³/mol. The highest BCUT2D eigenvalue weighted by atomic mass is 16.5. The average molecular weight is 383 g/mol. The second-order valence-electron chi connectivity index (χ2n) is 7.20.